The van der Waals surface area contributed by atoms with E-state index >= 15 is 0 Å². The first-order valence-corrected chi connectivity index (χ1v) is 6.56. The Morgan fingerprint density at radius 3 is 1.50 bits per heavy atom. The second-order valence-corrected chi connectivity index (χ2v) is 5.90. The largest absolute Gasteiger partial charge is 0.330 e. The molecule has 2 heteroatoms. The third-order valence-electron chi connectivity index (χ3n) is 2.35. The summed E-state index contributed by atoms with van der Waals surface area (Å²) in [5.74, 6) is 0. The minimum absolute atomic E-state index is 0.493. The summed E-state index contributed by atoms with van der Waals surface area (Å²) in [7, 11) is -0.738. The summed E-state index contributed by atoms with van der Waals surface area (Å²) in [6, 6.07) is 20.3. The quantitative estimate of drug-likeness (QED) is 0.785. The van der Waals surface area contributed by atoms with E-state index < -0.39 is 7.55 Å². The molecule has 1 N–H and O–H groups in total. The van der Waals surface area contributed by atoms with Crippen molar-refractivity contribution >= 4 is 23.6 Å². The fraction of sp³-hybridized carbons (Fsp3) is 0.0714. The Morgan fingerprint density at radius 1 is 0.812 bits per heavy atom. The van der Waals surface area contributed by atoms with E-state index in [-0.39, 0.29) is 0 Å². The highest BCUT2D eigenvalue weighted by atomic mass is 31.1. The third-order valence-corrected chi connectivity index (χ3v) is 4.63. The lowest BCUT2D eigenvalue weighted by Crippen LogP contribution is -2.10. The van der Waals surface area contributed by atoms with E-state index in [2.05, 4.69) is 24.3 Å². The Hall–Kier alpha value is -1.43. The van der Waals surface area contributed by atoms with Gasteiger partial charge in [-0.2, -0.15) is 0 Å². The Labute approximate surface area is 96.8 Å². The van der Waals surface area contributed by atoms with Crippen LogP contribution in [0.4, 0.5) is 0 Å². The highest BCUT2D eigenvalue weighted by Gasteiger charge is 2.20. The molecule has 0 fully saturated rings. The van der Waals surface area contributed by atoms with Crippen molar-refractivity contribution in [3.8, 4) is 0 Å². The fourth-order valence-corrected chi connectivity index (χ4v) is 3.66. The van der Waals surface area contributed by atoms with Crippen LogP contribution in [-0.4, -0.2) is 10.6 Å². The Bertz CT molecular complexity index is 443. The molecule has 0 saturated heterocycles. The van der Waals surface area contributed by atoms with Gasteiger partial charge < -0.3 is 5.11 Å². The van der Waals surface area contributed by atoms with Gasteiger partial charge in [-0.3, -0.25) is 0 Å². The highest BCUT2D eigenvalue weighted by molar-refractivity contribution is 7.73. The van der Waals surface area contributed by atoms with Gasteiger partial charge in [-0.25, -0.2) is 0 Å². The molecular formula is C14H14OP+. The molecule has 0 aliphatic carbocycles. The molecule has 0 aromatic heterocycles. The van der Waals surface area contributed by atoms with Gasteiger partial charge in [-0.1, -0.05) is 36.4 Å². The lowest BCUT2D eigenvalue weighted by molar-refractivity contribution is 0.564. The minimum atomic E-state index is -0.738. The van der Waals surface area contributed by atoms with Gasteiger partial charge in [0.2, 0.25) is 5.48 Å². The van der Waals surface area contributed by atoms with Gasteiger partial charge in [0.15, 0.2) is 18.2 Å². The number of aliphatic hydroxyl groups is 1. The molecule has 0 bridgehead atoms. The smallest absolute Gasteiger partial charge is 0.230 e. The lowest BCUT2D eigenvalue weighted by atomic mass is 10.4. The predicted molar refractivity (Wildman–Crippen MR) is 71.7 cm³/mol. The van der Waals surface area contributed by atoms with Crippen LogP contribution >= 0.6 is 7.55 Å². The summed E-state index contributed by atoms with van der Waals surface area (Å²) in [4.78, 5) is 0. The van der Waals surface area contributed by atoms with Crippen LogP contribution in [0.2, 0.25) is 0 Å². The topological polar surface area (TPSA) is 20.2 Å². The first kappa shape index (κ1) is 11.1. The molecule has 0 aliphatic rings. The van der Waals surface area contributed by atoms with Gasteiger partial charge in [0, 0.05) is 6.92 Å². The standard InChI is InChI=1S/C14H13OP/c1-12(15)16(13-8-4-2-5-9-13)14-10-6-3-7-11-14/h2-11H,1H3/p+1. The van der Waals surface area contributed by atoms with Crippen molar-refractivity contribution in [2.45, 2.75) is 6.92 Å². The fourth-order valence-electron chi connectivity index (χ4n) is 1.68. The number of aliphatic hydroxyl groups excluding tert-OH is 1. The SMILES string of the molecule is CC(O)=[P+](c1ccccc1)c1ccccc1. The average molecular weight is 229 g/mol. The third kappa shape index (κ3) is 2.38. The first-order chi connectivity index (χ1) is 7.79. The first-order valence-electron chi connectivity index (χ1n) is 5.22. The molecule has 0 unspecified atom stereocenters. The molecule has 80 valence electrons. The zero-order chi connectivity index (χ0) is 11.4. The molecule has 1 nitrogen and oxygen atoms in total. The van der Waals surface area contributed by atoms with E-state index in [1.54, 1.807) is 6.92 Å². The summed E-state index contributed by atoms with van der Waals surface area (Å²) in [6.45, 7) is 1.78. The van der Waals surface area contributed by atoms with E-state index in [0.717, 1.165) is 0 Å². The number of hydrogen-bond donors (Lipinski definition) is 1. The normalized spacial score (nSPS) is 9.88. The van der Waals surface area contributed by atoms with E-state index in [0.29, 0.717) is 5.48 Å². The Balaban J connectivity index is 2.54. The highest BCUT2D eigenvalue weighted by Crippen LogP contribution is 2.22. The van der Waals surface area contributed by atoms with Gasteiger partial charge in [-0.05, 0) is 24.3 Å². The maximum absolute atomic E-state index is 9.86. The predicted octanol–water partition coefficient (Wildman–Crippen LogP) is 2.64. The molecule has 0 amide bonds. The van der Waals surface area contributed by atoms with E-state index in [9.17, 15) is 5.11 Å². The van der Waals surface area contributed by atoms with Gasteiger partial charge >= 0.3 is 0 Å². The van der Waals surface area contributed by atoms with Crippen LogP contribution in [-0.2, 0) is 0 Å². The molecule has 0 aliphatic heterocycles. The van der Waals surface area contributed by atoms with Crippen molar-refractivity contribution in [3.05, 3.63) is 60.7 Å². The summed E-state index contributed by atoms with van der Waals surface area (Å²) >= 11 is 0. The molecule has 0 spiro atoms. The molecular weight excluding hydrogens is 215 g/mol. The molecule has 0 saturated carbocycles. The van der Waals surface area contributed by atoms with Gasteiger partial charge in [-0.15, -0.1) is 0 Å². The summed E-state index contributed by atoms with van der Waals surface area (Å²) in [6.07, 6.45) is 0. The molecule has 2 rings (SSSR count). The van der Waals surface area contributed by atoms with Crippen LogP contribution in [0.1, 0.15) is 6.92 Å². The molecule has 16 heavy (non-hydrogen) atoms. The Morgan fingerprint density at radius 2 is 1.19 bits per heavy atom. The van der Waals surface area contributed by atoms with Crippen molar-refractivity contribution < 1.29 is 5.11 Å². The average Bonchev–Trinajstić information content (AvgIpc) is 2.31. The van der Waals surface area contributed by atoms with Crippen LogP contribution < -0.4 is 10.6 Å². The van der Waals surface area contributed by atoms with Crippen LogP contribution in [0.25, 0.3) is 0 Å². The number of benzene rings is 2. The van der Waals surface area contributed by atoms with E-state index in [1.807, 2.05) is 36.4 Å². The van der Waals surface area contributed by atoms with Gasteiger partial charge in [0.1, 0.15) is 0 Å². The van der Waals surface area contributed by atoms with E-state index in [1.165, 1.54) is 10.6 Å². The summed E-state index contributed by atoms with van der Waals surface area (Å²) < 4.78 is 0. The molecule has 2 aromatic carbocycles. The second kappa shape index (κ2) is 5.07. The molecule has 2 aromatic rings. The van der Waals surface area contributed by atoms with Crippen molar-refractivity contribution in [1.29, 1.82) is 0 Å². The zero-order valence-corrected chi connectivity index (χ0v) is 10.1. The zero-order valence-electron chi connectivity index (χ0n) is 9.17. The number of hydrogen-bond acceptors (Lipinski definition) is 0. The van der Waals surface area contributed by atoms with Crippen molar-refractivity contribution in [2.75, 3.05) is 0 Å². The minimum Gasteiger partial charge on any atom is -0.330 e. The van der Waals surface area contributed by atoms with Crippen molar-refractivity contribution in [3.63, 3.8) is 0 Å². The summed E-state index contributed by atoms with van der Waals surface area (Å²) in [5, 5.41) is 12.2. The monoisotopic (exact) mass is 229 g/mol. The summed E-state index contributed by atoms with van der Waals surface area (Å²) in [5.41, 5.74) is 0.493. The maximum Gasteiger partial charge on any atom is 0.230 e. The lowest BCUT2D eigenvalue weighted by Gasteiger charge is -1.97. The van der Waals surface area contributed by atoms with Crippen LogP contribution in [0.5, 0.6) is 0 Å². The van der Waals surface area contributed by atoms with Crippen LogP contribution in [0.3, 0.4) is 0 Å². The van der Waals surface area contributed by atoms with Crippen LogP contribution in [0.15, 0.2) is 60.7 Å². The van der Waals surface area contributed by atoms with Crippen LogP contribution in [0, 0.1) is 0 Å². The second-order valence-electron chi connectivity index (χ2n) is 3.55. The maximum atomic E-state index is 9.86. The Kier molecular flexibility index (Phi) is 3.51. The number of rotatable bonds is 2. The molecule has 0 atom stereocenters. The van der Waals surface area contributed by atoms with Crippen molar-refractivity contribution in [1.82, 2.24) is 0 Å². The molecule has 0 radical (unpaired) electrons. The molecule has 0 heterocycles. The van der Waals surface area contributed by atoms with Crippen molar-refractivity contribution in [2.24, 2.45) is 0 Å². The van der Waals surface area contributed by atoms with Gasteiger partial charge in [0.25, 0.3) is 0 Å². The van der Waals surface area contributed by atoms with Gasteiger partial charge in [0.05, 0.1) is 0 Å². The van der Waals surface area contributed by atoms with E-state index in [4.69, 9.17) is 0 Å².